The number of ether oxygens (including phenoxy) is 1. The SMILES string of the molecule is CC[C@@]1(C)Cc2c(sc3c2c(=O)n(C)c2nnc(SCc4ccccc4)n32)CO1. The summed E-state index contributed by atoms with van der Waals surface area (Å²) >= 11 is 3.27. The number of aromatic nitrogens is 4. The largest absolute Gasteiger partial charge is 0.369 e. The minimum Gasteiger partial charge on any atom is -0.369 e. The molecule has 1 aliphatic rings. The zero-order chi connectivity index (χ0) is 20.2. The molecule has 5 rings (SSSR count). The van der Waals surface area contributed by atoms with E-state index in [1.165, 1.54) is 5.56 Å². The van der Waals surface area contributed by atoms with Gasteiger partial charge in [-0.25, -0.2) is 4.40 Å². The summed E-state index contributed by atoms with van der Waals surface area (Å²) in [5.74, 6) is 1.38. The highest BCUT2D eigenvalue weighted by Gasteiger charge is 2.33. The van der Waals surface area contributed by atoms with Crippen LogP contribution in [0.5, 0.6) is 0 Å². The lowest BCUT2D eigenvalue weighted by Crippen LogP contribution is -2.34. The first-order valence-corrected chi connectivity index (χ1v) is 11.5. The fourth-order valence-corrected chi connectivity index (χ4v) is 5.97. The van der Waals surface area contributed by atoms with Crippen LogP contribution in [0.3, 0.4) is 0 Å². The highest BCUT2D eigenvalue weighted by Crippen LogP contribution is 2.39. The zero-order valence-electron chi connectivity index (χ0n) is 16.6. The van der Waals surface area contributed by atoms with Gasteiger partial charge in [0.05, 0.1) is 17.6 Å². The van der Waals surface area contributed by atoms with Gasteiger partial charge in [0, 0.05) is 24.1 Å². The van der Waals surface area contributed by atoms with Crippen LogP contribution in [0.4, 0.5) is 0 Å². The summed E-state index contributed by atoms with van der Waals surface area (Å²) < 4.78 is 9.78. The second-order valence-corrected chi connectivity index (χ2v) is 9.74. The van der Waals surface area contributed by atoms with Crippen LogP contribution >= 0.6 is 23.1 Å². The van der Waals surface area contributed by atoms with E-state index in [1.54, 1.807) is 34.7 Å². The Morgan fingerprint density at radius 1 is 1.28 bits per heavy atom. The monoisotopic (exact) mass is 426 g/mol. The molecule has 0 radical (unpaired) electrons. The number of thiophene rings is 1. The predicted molar refractivity (Wildman–Crippen MR) is 117 cm³/mol. The summed E-state index contributed by atoms with van der Waals surface area (Å²) in [5.41, 5.74) is 2.14. The van der Waals surface area contributed by atoms with Crippen LogP contribution in [0.15, 0.2) is 40.3 Å². The van der Waals surface area contributed by atoms with Gasteiger partial charge in [-0.15, -0.1) is 21.5 Å². The van der Waals surface area contributed by atoms with Gasteiger partial charge < -0.3 is 4.74 Å². The van der Waals surface area contributed by atoms with E-state index in [0.29, 0.717) is 12.4 Å². The second-order valence-electron chi connectivity index (χ2n) is 7.71. The smallest absolute Gasteiger partial charge is 0.263 e. The van der Waals surface area contributed by atoms with Crippen molar-refractivity contribution in [2.45, 2.75) is 49.8 Å². The number of hydrogen-bond donors (Lipinski definition) is 0. The lowest BCUT2D eigenvalue weighted by atomic mass is 9.90. The van der Waals surface area contributed by atoms with E-state index in [0.717, 1.165) is 44.4 Å². The Hall–Kier alpha value is -2.16. The number of fused-ring (bicyclic) bond motifs is 5. The van der Waals surface area contributed by atoms with E-state index in [2.05, 4.69) is 36.2 Å². The lowest BCUT2D eigenvalue weighted by molar-refractivity contribution is -0.0543. The third-order valence-corrected chi connectivity index (χ3v) is 7.96. The van der Waals surface area contributed by atoms with Crippen molar-refractivity contribution >= 4 is 39.1 Å². The summed E-state index contributed by atoms with van der Waals surface area (Å²) in [5, 5.41) is 10.3. The average molecular weight is 427 g/mol. The van der Waals surface area contributed by atoms with Crippen LogP contribution in [-0.4, -0.2) is 24.8 Å². The summed E-state index contributed by atoms with van der Waals surface area (Å²) in [4.78, 5) is 15.3. The fourth-order valence-electron chi connectivity index (χ4n) is 3.80. The molecule has 4 aromatic rings. The van der Waals surface area contributed by atoms with Crippen molar-refractivity contribution in [3.8, 4) is 0 Å². The normalized spacial score (nSPS) is 19.1. The third kappa shape index (κ3) is 3.01. The minimum absolute atomic E-state index is 0.00244. The summed E-state index contributed by atoms with van der Waals surface area (Å²) in [6, 6.07) is 10.3. The Morgan fingerprint density at radius 2 is 2.07 bits per heavy atom. The van der Waals surface area contributed by atoms with Gasteiger partial charge in [0.25, 0.3) is 5.56 Å². The molecule has 3 aromatic heterocycles. The highest BCUT2D eigenvalue weighted by atomic mass is 32.2. The number of aryl methyl sites for hydroxylation is 1. The quantitative estimate of drug-likeness (QED) is 0.458. The molecule has 6 nitrogen and oxygen atoms in total. The van der Waals surface area contributed by atoms with Crippen LogP contribution in [-0.2, 0) is 30.6 Å². The van der Waals surface area contributed by atoms with Gasteiger partial charge in [0.1, 0.15) is 4.83 Å². The van der Waals surface area contributed by atoms with E-state index in [4.69, 9.17) is 4.74 Å². The maximum atomic E-state index is 13.2. The summed E-state index contributed by atoms with van der Waals surface area (Å²) in [6.45, 7) is 4.81. The van der Waals surface area contributed by atoms with E-state index in [9.17, 15) is 4.79 Å². The van der Waals surface area contributed by atoms with Crippen molar-refractivity contribution < 1.29 is 4.74 Å². The number of rotatable bonds is 4. The molecule has 0 unspecified atom stereocenters. The van der Waals surface area contributed by atoms with Crippen molar-refractivity contribution in [1.82, 2.24) is 19.2 Å². The number of nitrogens with zero attached hydrogens (tertiary/aromatic N) is 4. The van der Waals surface area contributed by atoms with Crippen LogP contribution < -0.4 is 5.56 Å². The van der Waals surface area contributed by atoms with Crippen molar-refractivity contribution in [2.24, 2.45) is 7.05 Å². The average Bonchev–Trinajstić information content (AvgIpc) is 3.32. The summed E-state index contributed by atoms with van der Waals surface area (Å²) in [6.07, 6.45) is 1.67. The first-order valence-electron chi connectivity index (χ1n) is 9.70. The molecule has 0 bridgehead atoms. The molecule has 0 saturated heterocycles. The van der Waals surface area contributed by atoms with E-state index < -0.39 is 0 Å². The first-order chi connectivity index (χ1) is 14.0. The van der Waals surface area contributed by atoms with Gasteiger partial charge in [0.15, 0.2) is 5.16 Å². The molecule has 150 valence electrons. The van der Waals surface area contributed by atoms with Gasteiger partial charge in [-0.05, 0) is 24.5 Å². The molecule has 0 N–H and O–H groups in total. The molecule has 0 spiro atoms. The molecular weight excluding hydrogens is 404 g/mol. The standard InChI is InChI=1S/C21H22N4O2S2/c1-4-21(2)10-14-15(11-27-21)29-18-16(14)17(26)24(3)19-22-23-20(25(18)19)28-12-13-8-6-5-7-9-13/h5-9H,4,10-12H2,1-3H3/t21-/m0/s1. The Kier molecular flexibility index (Phi) is 4.53. The van der Waals surface area contributed by atoms with Crippen molar-refractivity contribution in [3.05, 3.63) is 56.7 Å². The predicted octanol–water partition coefficient (Wildman–Crippen LogP) is 4.18. The summed E-state index contributed by atoms with van der Waals surface area (Å²) in [7, 11) is 1.78. The Labute approximate surface area is 176 Å². The van der Waals surface area contributed by atoms with Gasteiger partial charge in [-0.2, -0.15) is 0 Å². The van der Waals surface area contributed by atoms with Crippen molar-refractivity contribution in [3.63, 3.8) is 0 Å². The second kappa shape index (κ2) is 6.97. The number of thioether (sulfide) groups is 1. The van der Waals surface area contributed by atoms with E-state index >= 15 is 0 Å². The maximum Gasteiger partial charge on any atom is 0.263 e. The van der Waals surface area contributed by atoms with Gasteiger partial charge in [0.2, 0.25) is 5.78 Å². The van der Waals surface area contributed by atoms with Crippen molar-refractivity contribution in [2.75, 3.05) is 0 Å². The van der Waals surface area contributed by atoms with Gasteiger partial charge in [-0.1, -0.05) is 49.0 Å². The third-order valence-electron chi connectivity index (χ3n) is 5.77. The van der Waals surface area contributed by atoms with E-state index in [-0.39, 0.29) is 11.2 Å². The lowest BCUT2D eigenvalue weighted by Gasteiger charge is -2.32. The van der Waals surface area contributed by atoms with Gasteiger partial charge in [-0.3, -0.25) is 9.36 Å². The number of hydrogen-bond acceptors (Lipinski definition) is 6. The molecule has 8 heteroatoms. The molecule has 0 amide bonds. The highest BCUT2D eigenvalue weighted by molar-refractivity contribution is 7.98. The number of benzene rings is 1. The molecule has 4 heterocycles. The van der Waals surface area contributed by atoms with Crippen LogP contribution in [0.2, 0.25) is 0 Å². The van der Waals surface area contributed by atoms with Crippen LogP contribution in [0.25, 0.3) is 16.0 Å². The van der Waals surface area contributed by atoms with Crippen molar-refractivity contribution in [1.29, 1.82) is 0 Å². The topological polar surface area (TPSA) is 61.4 Å². The molecule has 1 atom stereocenters. The molecule has 1 aliphatic heterocycles. The Balaban J connectivity index is 1.68. The molecular formula is C21H22N4O2S2. The molecule has 0 aliphatic carbocycles. The first kappa shape index (κ1) is 18.8. The Bertz CT molecular complexity index is 1280. The molecule has 29 heavy (non-hydrogen) atoms. The van der Waals surface area contributed by atoms with Crippen LogP contribution in [0, 0.1) is 0 Å². The zero-order valence-corrected chi connectivity index (χ0v) is 18.3. The van der Waals surface area contributed by atoms with Gasteiger partial charge >= 0.3 is 0 Å². The minimum atomic E-state index is -0.223. The maximum absolute atomic E-state index is 13.2. The fraction of sp³-hybridized carbons (Fsp3) is 0.381. The van der Waals surface area contributed by atoms with Crippen LogP contribution in [0.1, 0.15) is 36.3 Å². The molecule has 0 saturated carbocycles. The molecule has 0 fully saturated rings. The van der Waals surface area contributed by atoms with E-state index in [1.807, 2.05) is 22.6 Å². The Morgan fingerprint density at radius 3 is 2.83 bits per heavy atom. The molecule has 1 aromatic carbocycles.